The lowest BCUT2D eigenvalue weighted by Crippen LogP contribution is -2.15. The molecule has 1 aromatic carbocycles. The fourth-order valence-corrected chi connectivity index (χ4v) is 1.78. The van der Waals surface area contributed by atoms with Crippen molar-refractivity contribution in [1.29, 1.82) is 0 Å². The van der Waals surface area contributed by atoms with Gasteiger partial charge in [-0.1, -0.05) is 6.92 Å². The fourth-order valence-electron chi connectivity index (χ4n) is 1.78. The average Bonchev–Trinajstić information content (AvgIpc) is 2.26. The van der Waals surface area contributed by atoms with Crippen LogP contribution in [0.2, 0.25) is 0 Å². The van der Waals surface area contributed by atoms with E-state index in [0.29, 0.717) is 30.2 Å². The van der Waals surface area contributed by atoms with Gasteiger partial charge in [0.15, 0.2) is 17.5 Å². The second kappa shape index (κ2) is 4.28. The lowest BCUT2D eigenvalue weighted by molar-refractivity contribution is 0.446. The van der Waals surface area contributed by atoms with Crippen LogP contribution in [0.25, 0.3) is 0 Å². The fraction of sp³-hybridized carbons (Fsp3) is 0.417. The quantitative estimate of drug-likeness (QED) is 0.652. The van der Waals surface area contributed by atoms with Crippen LogP contribution in [0.5, 0.6) is 0 Å². The smallest absolute Gasteiger partial charge is 0.194 e. The van der Waals surface area contributed by atoms with Crippen LogP contribution >= 0.6 is 0 Å². The zero-order chi connectivity index (χ0) is 11.7. The van der Waals surface area contributed by atoms with Gasteiger partial charge in [-0.3, -0.25) is 4.99 Å². The number of aliphatic imine (C=N–C) groups is 1. The van der Waals surface area contributed by atoms with Crippen LogP contribution in [0.1, 0.15) is 25.3 Å². The molecule has 1 aromatic rings. The minimum atomic E-state index is -1.42. The predicted octanol–water partition coefficient (Wildman–Crippen LogP) is 3.32. The molecule has 4 heteroatoms. The van der Waals surface area contributed by atoms with Crippen LogP contribution in [-0.4, -0.2) is 12.3 Å². The number of halogens is 3. The average molecular weight is 227 g/mol. The molecule has 1 aliphatic rings. The molecule has 0 aromatic heterocycles. The molecule has 1 atom stereocenters. The lowest BCUT2D eigenvalue weighted by Gasteiger charge is -2.17. The predicted molar refractivity (Wildman–Crippen MR) is 56.1 cm³/mol. The molecule has 0 spiro atoms. The van der Waals surface area contributed by atoms with Crippen molar-refractivity contribution in [2.24, 2.45) is 10.9 Å². The van der Waals surface area contributed by atoms with Crippen LogP contribution in [-0.2, 0) is 0 Å². The van der Waals surface area contributed by atoms with E-state index < -0.39 is 17.5 Å². The third-order valence-electron chi connectivity index (χ3n) is 2.78. The standard InChI is InChI=1S/C12H12F3N/c1-7-2-3-11(16-6-7)8-4-9(13)12(15)10(14)5-8/h4-5,7H,2-3,6H2,1H3/t7-/m0/s1. The van der Waals surface area contributed by atoms with E-state index >= 15 is 0 Å². The van der Waals surface area contributed by atoms with E-state index in [1.807, 2.05) is 0 Å². The van der Waals surface area contributed by atoms with Crippen molar-refractivity contribution in [1.82, 2.24) is 0 Å². The third-order valence-corrected chi connectivity index (χ3v) is 2.78. The first-order valence-electron chi connectivity index (χ1n) is 5.26. The highest BCUT2D eigenvalue weighted by molar-refractivity contribution is 6.00. The lowest BCUT2D eigenvalue weighted by atomic mass is 9.96. The topological polar surface area (TPSA) is 12.4 Å². The number of nitrogens with zero attached hydrogens (tertiary/aromatic N) is 1. The van der Waals surface area contributed by atoms with Gasteiger partial charge in [-0.2, -0.15) is 0 Å². The molecule has 0 radical (unpaired) electrons. The summed E-state index contributed by atoms with van der Waals surface area (Å²) < 4.78 is 38.8. The maximum absolute atomic E-state index is 13.0. The molecular weight excluding hydrogens is 215 g/mol. The van der Waals surface area contributed by atoms with Crippen molar-refractivity contribution in [2.45, 2.75) is 19.8 Å². The SMILES string of the molecule is C[C@H]1CCC(c2cc(F)c(F)c(F)c2)=NC1. The zero-order valence-electron chi connectivity index (χ0n) is 8.93. The molecule has 0 bridgehead atoms. The molecule has 2 rings (SSSR count). The van der Waals surface area contributed by atoms with Gasteiger partial charge in [0.05, 0.1) is 0 Å². The monoisotopic (exact) mass is 227 g/mol. The Morgan fingerprint density at radius 2 is 1.81 bits per heavy atom. The third kappa shape index (κ3) is 2.10. The Morgan fingerprint density at radius 1 is 1.19 bits per heavy atom. The Kier molecular flexibility index (Phi) is 2.99. The summed E-state index contributed by atoms with van der Waals surface area (Å²) in [6, 6.07) is 2.01. The van der Waals surface area contributed by atoms with Gasteiger partial charge in [-0.15, -0.1) is 0 Å². The van der Waals surface area contributed by atoms with E-state index in [1.165, 1.54) is 0 Å². The first-order chi connectivity index (χ1) is 7.58. The summed E-state index contributed by atoms with van der Waals surface area (Å²) in [5.41, 5.74) is 1.01. The minimum Gasteiger partial charge on any atom is -0.289 e. The second-order valence-corrected chi connectivity index (χ2v) is 4.19. The second-order valence-electron chi connectivity index (χ2n) is 4.19. The minimum absolute atomic E-state index is 0.350. The number of rotatable bonds is 1. The van der Waals surface area contributed by atoms with Crippen LogP contribution in [0.3, 0.4) is 0 Å². The van der Waals surface area contributed by atoms with E-state index in [4.69, 9.17) is 0 Å². The molecule has 0 fully saturated rings. The summed E-state index contributed by atoms with van der Waals surface area (Å²) in [5, 5.41) is 0. The molecule has 0 unspecified atom stereocenters. The summed E-state index contributed by atoms with van der Waals surface area (Å²) in [6.07, 6.45) is 1.63. The van der Waals surface area contributed by atoms with Crippen molar-refractivity contribution in [3.05, 3.63) is 35.1 Å². The van der Waals surface area contributed by atoms with Crippen molar-refractivity contribution < 1.29 is 13.2 Å². The summed E-state index contributed by atoms with van der Waals surface area (Å²) >= 11 is 0. The molecular formula is C12H12F3N. The Hall–Kier alpha value is -1.32. The van der Waals surface area contributed by atoms with Crippen molar-refractivity contribution in [3.63, 3.8) is 0 Å². The van der Waals surface area contributed by atoms with E-state index in [2.05, 4.69) is 11.9 Å². The van der Waals surface area contributed by atoms with Crippen LogP contribution < -0.4 is 0 Å². The highest BCUT2D eigenvalue weighted by atomic mass is 19.2. The molecule has 86 valence electrons. The van der Waals surface area contributed by atoms with Gasteiger partial charge in [-0.25, -0.2) is 13.2 Å². The molecule has 0 saturated heterocycles. The number of hydrogen-bond acceptors (Lipinski definition) is 1. The maximum Gasteiger partial charge on any atom is 0.194 e. The van der Waals surface area contributed by atoms with Gasteiger partial charge >= 0.3 is 0 Å². The van der Waals surface area contributed by atoms with Crippen molar-refractivity contribution >= 4 is 5.71 Å². The van der Waals surface area contributed by atoms with Gasteiger partial charge in [0.1, 0.15) is 0 Å². The van der Waals surface area contributed by atoms with Gasteiger partial charge < -0.3 is 0 Å². The molecule has 0 aliphatic carbocycles. The molecule has 16 heavy (non-hydrogen) atoms. The summed E-state index contributed by atoms with van der Waals surface area (Å²) in [4.78, 5) is 4.25. The largest absolute Gasteiger partial charge is 0.289 e. The zero-order valence-corrected chi connectivity index (χ0v) is 8.93. The summed E-state index contributed by atoms with van der Waals surface area (Å²) in [7, 11) is 0. The Labute approximate surface area is 92.0 Å². The molecule has 0 saturated carbocycles. The molecule has 1 aliphatic heterocycles. The Morgan fingerprint density at radius 3 is 2.31 bits per heavy atom. The van der Waals surface area contributed by atoms with Crippen molar-refractivity contribution in [3.8, 4) is 0 Å². The van der Waals surface area contributed by atoms with Crippen LogP contribution in [0.4, 0.5) is 13.2 Å². The van der Waals surface area contributed by atoms with Gasteiger partial charge in [-0.05, 0) is 30.9 Å². The Balaban J connectivity index is 2.35. The number of benzene rings is 1. The summed E-state index contributed by atoms with van der Waals surface area (Å²) in [5.74, 6) is -3.24. The van der Waals surface area contributed by atoms with E-state index in [1.54, 1.807) is 0 Å². The van der Waals surface area contributed by atoms with Gasteiger partial charge in [0, 0.05) is 17.8 Å². The van der Waals surface area contributed by atoms with Gasteiger partial charge in [0.2, 0.25) is 0 Å². The maximum atomic E-state index is 13.0. The Bertz CT molecular complexity index is 417. The molecule has 1 nitrogen and oxygen atoms in total. The van der Waals surface area contributed by atoms with Gasteiger partial charge in [0.25, 0.3) is 0 Å². The van der Waals surface area contributed by atoms with Crippen LogP contribution in [0, 0.1) is 23.4 Å². The van der Waals surface area contributed by atoms with E-state index in [9.17, 15) is 13.2 Å². The van der Waals surface area contributed by atoms with Crippen molar-refractivity contribution in [2.75, 3.05) is 6.54 Å². The summed E-state index contributed by atoms with van der Waals surface area (Å²) in [6.45, 7) is 2.74. The normalized spacial score (nSPS) is 20.8. The first kappa shape index (κ1) is 11.2. The molecule has 1 heterocycles. The highest BCUT2D eigenvalue weighted by Gasteiger charge is 2.17. The molecule has 0 amide bonds. The van der Waals surface area contributed by atoms with Crippen LogP contribution in [0.15, 0.2) is 17.1 Å². The number of hydrogen-bond donors (Lipinski definition) is 0. The van der Waals surface area contributed by atoms with E-state index in [-0.39, 0.29) is 0 Å². The van der Waals surface area contributed by atoms with E-state index in [0.717, 1.165) is 18.6 Å². The first-order valence-corrected chi connectivity index (χ1v) is 5.26. The molecule has 0 N–H and O–H groups in total. The highest BCUT2D eigenvalue weighted by Crippen LogP contribution is 2.20.